The number of anilines is 2. The molecule has 9 nitrogen and oxygen atoms in total. The number of likely N-dealkylation sites (tertiary alicyclic amines) is 1. The minimum atomic E-state index is -0.380. The van der Waals surface area contributed by atoms with E-state index < -0.39 is 0 Å². The molecule has 28 heavy (non-hydrogen) atoms. The van der Waals surface area contributed by atoms with Gasteiger partial charge in [-0.1, -0.05) is 11.2 Å². The van der Waals surface area contributed by atoms with Gasteiger partial charge >= 0.3 is 12.1 Å². The molecule has 2 saturated heterocycles. The molecule has 9 heteroatoms. The second-order valence-corrected chi connectivity index (χ2v) is 7.06. The van der Waals surface area contributed by atoms with E-state index in [4.69, 9.17) is 4.52 Å². The maximum Gasteiger partial charge on any atom is 0.331 e. The number of likely N-dealkylation sites (N-methyl/N-ethyl adjacent to an activating group) is 1. The van der Waals surface area contributed by atoms with Crippen molar-refractivity contribution in [1.29, 1.82) is 0 Å². The zero-order valence-corrected chi connectivity index (χ0v) is 15.7. The highest BCUT2D eigenvalue weighted by Crippen LogP contribution is 2.32. The normalized spacial score (nSPS) is 19.6. The lowest BCUT2D eigenvalue weighted by Crippen LogP contribution is -2.35. The van der Waals surface area contributed by atoms with Gasteiger partial charge in [-0.2, -0.15) is 0 Å². The van der Waals surface area contributed by atoms with Gasteiger partial charge in [-0.05, 0) is 38.0 Å². The van der Waals surface area contributed by atoms with Gasteiger partial charge in [-0.3, -0.25) is 4.79 Å². The average Bonchev–Trinajstić information content (AvgIpc) is 3.35. The van der Waals surface area contributed by atoms with Gasteiger partial charge in [0, 0.05) is 25.3 Å². The van der Waals surface area contributed by atoms with Crippen LogP contribution in [0.15, 0.2) is 34.9 Å². The van der Waals surface area contributed by atoms with Crippen LogP contribution in [0.5, 0.6) is 0 Å². The molecule has 0 bridgehead atoms. The average molecular weight is 383 g/mol. The first-order valence-electron chi connectivity index (χ1n) is 9.13. The molecule has 2 aliphatic heterocycles. The standard InChI is InChI=1S/C19H21N5O4/c1-12-9-15(21-28-12)16-7-4-8-23(16)18(26)20-13-5-3-6-14(10-13)24-17(25)11-22(2)19(24)27/h3,5-6,9-10,16H,4,7-8,11H2,1-2H3,(H,20,26)/t16-/m1/s1. The number of imide groups is 1. The second-order valence-electron chi connectivity index (χ2n) is 7.06. The van der Waals surface area contributed by atoms with E-state index in [2.05, 4.69) is 10.5 Å². The van der Waals surface area contributed by atoms with Crippen molar-refractivity contribution in [3.63, 3.8) is 0 Å². The lowest BCUT2D eigenvalue weighted by molar-refractivity contribution is -0.116. The highest BCUT2D eigenvalue weighted by molar-refractivity contribution is 6.19. The van der Waals surface area contributed by atoms with E-state index in [1.165, 1.54) is 4.90 Å². The van der Waals surface area contributed by atoms with Crippen molar-refractivity contribution < 1.29 is 18.9 Å². The fourth-order valence-electron chi connectivity index (χ4n) is 3.65. The number of hydrogen-bond donors (Lipinski definition) is 1. The zero-order valence-electron chi connectivity index (χ0n) is 15.7. The number of nitrogens with one attached hydrogen (secondary N) is 1. The lowest BCUT2D eigenvalue weighted by atomic mass is 10.1. The van der Waals surface area contributed by atoms with Crippen molar-refractivity contribution in [2.75, 3.05) is 30.4 Å². The third kappa shape index (κ3) is 3.19. The molecule has 0 radical (unpaired) electrons. The third-order valence-electron chi connectivity index (χ3n) is 5.00. The number of aryl methyl sites for hydroxylation is 1. The second kappa shape index (κ2) is 6.99. The molecule has 0 saturated carbocycles. The highest BCUT2D eigenvalue weighted by atomic mass is 16.5. The van der Waals surface area contributed by atoms with Gasteiger partial charge < -0.3 is 19.6 Å². The van der Waals surface area contributed by atoms with Crippen LogP contribution >= 0.6 is 0 Å². The van der Waals surface area contributed by atoms with Crippen LogP contribution in [0.25, 0.3) is 0 Å². The van der Waals surface area contributed by atoms with Crippen molar-refractivity contribution in [2.45, 2.75) is 25.8 Å². The molecule has 3 heterocycles. The number of rotatable bonds is 3. The van der Waals surface area contributed by atoms with E-state index in [0.29, 0.717) is 23.7 Å². The Morgan fingerprint density at radius 1 is 1.29 bits per heavy atom. The molecule has 4 rings (SSSR count). The van der Waals surface area contributed by atoms with Crippen molar-refractivity contribution in [3.05, 3.63) is 41.8 Å². The van der Waals surface area contributed by atoms with Crippen LogP contribution in [0.3, 0.4) is 0 Å². The van der Waals surface area contributed by atoms with E-state index >= 15 is 0 Å². The van der Waals surface area contributed by atoms with Gasteiger partial charge in [0.05, 0.1) is 11.7 Å². The molecular weight excluding hydrogens is 362 g/mol. The Labute approximate surface area is 161 Å². The number of hydrogen-bond acceptors (Lipinski definition) is 5. The summed E-state index contributed by atoms with van der Waals surface area (Å²) in [5.74, 6) is 0.414. The van der Waals surface area contributed by atoms with Crippen LogP contribution in [-0.4, -0.2) is 53.1 Å². The number of amides is 5. The molecule has 0 aliphatic carbocycles. The van der Waals surface area contributed by atoms with Crippen LogP contribution < -0.4 is 10.2 Å². The molecule has 2 aliphatic rings. The Bertz CT molecular complexity index is 940. The van der Waals surface area contributed by atoms with Crippen LogP contribution in [0.4, 0.5) is 21.0 Å². The molecular formula is C19H21N5O4. The summed E-state index contributed by atoms with van der Waals surface area (Å²) in [7, 11) is 1.57. The van der Waals surface area contributed by atoms with Crippen molar-refractivity contribution >= 4 is 29.3 Å². The first-order chi connectivity index (χ1) is 13.4. The summed E-state index contributed by atoms with van der Waals surface area (Å²) in [5.41, 5.74) is 1.69. The summed E-state index contributed by atoms with van der Waals surface area (Å²) in [4.78, 5) is 41.3. The minimum Gasteiger partial charge on any atom is -0.361 e. The maximum atomic E-state index is 12.8. The third-order valence-corrected chi connectivity index (χ3v) is 5.00. The van der Waals surface area contributed by atoms with E-state index in [0.717, 1.165) is 23.4 Å². The van der Waals surface area contributed by atoms with Crippen LogP contribution in [0.2, 0.25) is 0 Å². The Balaban J connectivity index is 1.51. The summed E-state index contributed by atoms with van der Waals surface area (Å²) in [6.07, 6.45) is 1.70. The highest BCUT2D eigenvalue weighted by Gasteiger charge is 2.35. The summed E-state index contributed by atoms with van der Waals surface area (Å²) >= 11 is 0. The number of urea groups is 2. The molecule has 1 atom stereocenters. The molecule has 1 aromatic heterocycles. The van der Waals surface area contributed by atoms with E-state index in [1.54, 1.807) is 36.2 Å². The van der Waals surface area contributed by atoms with Crippen molar-refractivity contribution in [1.82, 2.24) is 15.0 Å². The lowest BCUT2D eigenvalue weighted by Gasteiger charge is -2.23. The Kier molecular flexibility index (Phi) is 4.50. The Hall–Kier alpha value is -3.36. The predicted octanol–water partition coefficient (Wildman–Crippen LogP) is 2.75. The number of benzene rings is 1. The van der Waals surface area contributed by atoms with Crippen LogP contribution in [0, 0.1) is 6.92 Å². The number of nitrogens with zero attached hydrogens (tertiary/aromatic N) is 4. The minimum absolute atomic E-state index is 0.0436. The molecule has 2 fully saturated rings. The maximum absolute atomic E-state index is 12.8. The number of carbonyl (C=O) groups is 3. The van der Waals surface area contributed by atoms with Gasteiger partial charge in [0.25, 0.3) is 5.91 Å². The summed E-state index contributed by atoms with van der Waals surface area (Å²) in [6.45, 7) is 2.48. The van der Waals surface area contributed by atoms with Crippen molar-refractivity contribution in [3.8, 4) is 0 Å². The number of carbonyl (C=O) groups excluding carboxylic acids is 3. The predicted molar refractivity (Wildman–Crippen MR) is 101 cm³/mol. The molecule has 5 amide bonds. The van der Waals surface area contributed by atoms with Gasteiger partial charge in [-0.15, -0.1) is 0 Å². The smallest absolute Gasteiger partial charge is 0.331 e. The fraction of sp³-hybridized carbons (Fsp3) is 0.368. The monoisotopic (exact) mass is 383 g/mol. The first kappa shape index (κ1) is 18.0. The topological polar surface area (TPSA) is 99.0 Å². The quantitative estimate of drug-likeness (QED) is 0.822. The summed E-state index contributed by atoms with van der Waals surface area (Å²) in [6, 6.07) is 7.80. The van der Waals surface area contributed by atoms with Crippen LogP contribution in [0.1, 0.15) is 30.3 Å². The van der Waals surface area contributed by atoms with Gasteiger partial charge in [0.2, 0.25) is 0 Å². The molecule has 1 aromatic carbocycles. The SMILES string of the molecule is Cc1cc([C@H]2CCCN2C(=O)Nc2cccc(N3C(=O)CN(C)C3=O)c2)no1. The van der Waals surface area contributed by atoms with Gasteiger partial charge in [0.1, 0.15) is 18.0 Å². The molecule has 0 spiro atoms. The molecule has 1 N–H and O–H groups in total. The zero-order chi connectivity index (χ0) is 19.8. The molecule has 0 unspecified atom stereocenters. The van der Waals surface area contributed by atoms with Crippen LogP contribution in [-0.2, 0) is 4.79 Å². The summed E-state index contributed by atoms with van der Waals surface area (Å²) in [5, 5.41) is 6.91. The van der Waals surface area contributed by atoms with Crippen molar-refractivity contribution in [2.24, 2.45) is 0 Å². The Morgan fingerprint density at radius 3 is 2.79 bits per heavy atom. The molecule has 146 valence electrons. The molecule has 2 aromatic rings. The number of aromatic nitrogens is 1. The van der Waals surface area contributed by atoms with E-state index in [1.807, 2.05) is 13.0 Å². The largest absolute Gasteiger partial charge is 0.361 e. The summed E-state index contributed by atoms with van der Waals surface area (Å²) < 4.78 is 5.14. The van der Waals surface area contributed by atoms with E-state index in [9.17, 15) is 14.4 Å². The fourth-order valence-corrected chi connectivity index (χ4v) is 3.65. The van der Waals surface area contributed by atoms with Gasteiger partial charge in [-0.25, -0.2) is 14.5 Å². The van der Waals surface area contributed by atoms with E-state index in [-0.39, 0.29) is 30.6 Å². The first-order valence-corrected chi connectivity index (χ1v) is 9.13. The van der Waals surface area contributed by atoms with Gasteiger partial charge in [0.15, 0.2) is 0 Å². The Morgan fingerprint density at radius 2 is 2.11 bits per heavy atom.